The van der Waals surface area contributed by atoms with Gasteiger partial charge >= 0.3 is 11.9 Å². The van der Waals surface area contributed by atoms with Gasteiger partial charge in [-0.2, -0.15) is 0 Å². The first-order valence-electron chi connectivity index (χ1n) is 12.2. The normalized spacial score (nSPS) is 19.6. The van der Waals surface area contributed by atoms with E-state index in [2.05, 4.69) is 10.2 Å². The van der Waals surface area contributed by atoms with Crippen LogP contribution in [0.3, 0.4) is 0 Å². The number of rotatable bonds is 7. The number of methoxy groups -OCH3 is 1. The third-order valence-electron chi connectivity index (χ3n) is 6.72. The highest BCUT2D eigenvalue weighted by Crippen LogP contribution is 2.37. The lowest BCUT2D eigenvalue weighted by molar-refractivity contribution is -0.150. The van der Waals surface area contributed by atoms with Crippen LogP contribution in [0.4, 0.5) is 5.69 Å². The maximum atomic E-state index is 12.9. The van der Waals surface area contributed by atoms with Gasteiger partial charge in [0, 0.05) is 24.4 Å². The number of esters is 2. The average molecular weight is 488 g/mol. The Morgan fingerprint density at radius 2 is 1.88 bits per heavy atom. The number of anilines is 1. The molecule has 1 aliphatic carbocycles. The molecule has 0 aromatic carbocycles. The number of aromatic nitrogens is 1. The molecule has 3 heterocycles. The summed E-state index contributed by atoms with van der Waals surface area (Å²) in [6, 6.07) is 3.85. The maximum absolute atomic E-state index is 12.9. The van der Waals surface area contributed by atoms with Crippen molar-refractivity contribution in [3.8, 4) is 0 Å². The summed E-state index contributed by atoms with van der Waals surface area (Å²) in [5.41, 5.74) is 1.36. The van der Waals surface area contributed by atoms with Crippen LogP contribution in [-0.4, -0.2) is 54.5 Å². The van der Waals surface area contributed by atoms with E-state index in [4.69, 9.17) is 14.5 Å². The second-order valence-corrected chi connectivity index (χ2v) is 10.1. The number of hydrogen-bond donors (Lipinski definition) is 1. The van der Waals surface area contributed by atoms with E-state index in [1.807, 2.05) is 19.1 Å². The van der Waals surface area contributed by atoms with Crippen molar-refractivity contribution in [2.45, 2.75) is 58.4 Å². The van der Waals surface area contributed by atoms with Crippen molar-refractivity contribution in [2.24, 2.45) is 11.8 Å². The number of ether oxygens (including phenoxy) is 2. The highest BCUT2D eigenvalue weighted by Gasteiger charge is 2.28. The van der Waals surface area contributed by atoms with Crippen molar-refractivity contribution in [1.29, 1.82) is 0 Å². The Hall–Kier alpha value is -2.52. The fraction of sp³-hybridized carbons (Fsp3) is 0.600. The minimum atomic E-state index is -0.475. The summed E-state index contributed by atoms with van der Waals surface area (Å²) in [5.74, 6) is -0.765. The fourth-order valence-corrected chi connectivity index (χ4v) is 6.00. The number of thiophene rings is 1. The van der Waals surface area contributed by atoms with E-state index in [1.54, 1.807) is 0 Å². The largest absolute Gasteiger partial charge is 0.466 e. The van der Waals surface area contributed by atoms with Gasteiger partial charge in [-0.25, -0.2) is 9.78 Å². The molecule has 9 heteroatoms. The topological polar surface area (TPSA) is 97.8 Å². The molecular formula is C25H33N3O5S. The van der Waals surface area contributed by atoms with E-state index < -0.39 is 5.97 Å². The van der Waals surface area contributed by atoms with Gasteiger partial charge in [0.15, 0.2) is 0 Å². The standard InChI is InChI=1S/C25H33N3O5S/c1-3-33-24(30)17-10-7-13-28(14-17)15-18-11-12-19-20(21(25(31)32-2)34-23(19)26-18)27-22(29)16-8-5-4-6-9-16/h11-12,16-17H,3-10,13-15H2,1-2H3,(H,27,29)/t17-/m0/s1. The van der Waals surface area contributed by atoms with Crippen LogP contribution in [0.5, 0.6) is 0 Å². The molecule has 0 bridgehead atoms. The molecular weight excluding hydrogens is 454 g/mol. The fourth-order valence-electron chi connectivity index (χ4n) is 4.94. The minimum absolute atomic E-state index is 0.0205. The molecule has 2 aliphatic rings. The quantitative estimate of drug-likeness (QED) is 0.579. The summed E-state index contributed by atoms with van der Waals surface area (Å²) in [4.78, 5) is 45.6. The lowest BCUT2D eigenvalue weighted by Crippen LogP contribution is -2.39. The predicted molar refractivity (Wildman–Crippen MR) is 131 cm³/mol. The summed E-state index contributed by atoms with van der Waals surface area (Å²) in [5, 5.41) is 3.77. The minimum Gasteiger partial charge on any atom is -0.466 e. The van der Waals surface area contributed by atoms with Crippen LogP contribution in [-0.2, 0) is 25.6 Å². The summed E-state index contributed by atoms with van der Waals surface area (Å²) < 4.78 is 10.2. The van der Waals surface area contributed by atoms with Crippen LogP contribution >= 0.6 is 11.3 Å². The number of pyridine rings is 1. The van der Waals surface area contributed by atoms with Crippen molar-refractivity contribution < 1.29 is 23.9 Å². The van der Waals surface area contributed by atoms with Crippen molar-refractivity contribution >= 4 is 45.1 Å². The molecule has 1 aliphatic heterocycles. The Morgan fingerprint density at radius 3 is 2.62 bits per heavy atom. The number of likely N-dealkylation sites (tertiary alicyclic amines) is 1. The molecule has 2 fully saturated rings. The molecule has 1 N–H and O–H groups in total. The lowest BCUT2D eigenvalue weighted by Gasteiger charge is -2.31. The van der Waals surface area contributed by atoms with Crippen LogP contribution in [0, 0.1) is 11.8 Å². The van der Waals surface area contributed by atoms with Gasteiger partial charge < -0.3 is 14.8 Å². The van der Waals surface area contributed by atoms with Crippen LogP contribution < -0.4 is 5.32 Å². The molecule has 34 heavy (non-hydrogen) atoms. The molecule has 8 nitrogen and oxygen atoms in total. The zero-order valence-electron chi connectivity index (χ0n) is 19.9. The molecule has 4 rings (SSSR count). The van der Waals surface area contributed by atoms with Crippen LogP contribution in [0.15, 0.2) is 12.1 Å². The molecule has 0 radical (unpaired) electrons. The second-order valence-electron chi connectivity index (χ2n) is 9.10. The van der Waals surface area contributed by atoms with Gasteiger partial charge in [-0.05, 0) is 51.3 Å². The molecule has 184 valence electrons. The maximum Gasteiger partial charge on any atom is 0.350 e. The molecule has 2 aromatic heterocycles. The van der Waals surface area contributed by atoms with Gasteiger partial charge in [0.2, 0.25) is 5.91 Å². The van der Waals surface area contributed by atoms with Crippen LogP contribution in [0.25, 0.3) is 10.2 Å². The molecule has 1 amide bonds. The Kier molecular flexibility index (Phi) is 8.15. The summed E-state index contributed by atoms with van der Waals surface area (Å²) in [7, 11) is 1.34. The van der Waals surface area contributed by atoms with Gasteiger partial charge in [0.1, 0.15) is 9.71 Å². The average Bonchev–Trinajstić information content (AvgIpc) is 3.21. The van der Waals surface area contributed by atoms with E-state index in [9.17, 15) is 14.4 Å². The van der Waals surface area contributed by atoms with Crippen molar-refractivity contribution in [1.82, 2.24) is 9.88 Å². The molecule has 1 saturated heterocycles. The zero-order chi connectivity index (χ0) is 24.1. The van der Waals surface area contributed by atoms with Gasteiger partial charge in [-0.3, -0.25) is 14.5 Å². The van der Waals surface area contributed by atoms with Crippen molar-refractivity contribution in [2.75, 3.05) is 32.1 Å². The van der Waals surface area contributed by atoms with Gasteiger partial charge in [0.25, 0.3) is 0 Å². The van der Waals surface area contributed by atoms with Crippen molar-refractivity contribution in [3.05, 3.63) is 22.7 Å². The third-order valence-corrected chi connectivity index (χ3v) is 7.80. The predicted octanol–water partition coefficient (Wildman–Crippen LogP) is 4.38. The molecule has 1 atom stereocenters. The van der Waals surface area contributed by atoms with E-state index in [0.29, 0.717) is 35.1 Å². The number of hydrogen-bond acceptors (Lipinski definition) is 8. The van der Waals surface area contributed by atoms with Crippen molar-refractivity contribution in [3.63, 3.8) is 0 Å². The summed E-state index contributed by atoms with van der Waals surface area (Å²) in [6.07, 6.45) is 6.84. The van der Waals surface area contributed by atoms with Gasteiger partial charge in [-0.15, -0.1) is 11.3 Å². The highest BCUT2D eigenvalue weighted by atomic mass is 32.1. The summed E-state index contributed by atoms with van der Waals surface area (Å²) >= 11 is 1.24. The SMILES string of the molecule is CCOC(=O)[C@H]1CCCN(Cc2ccc3c(NC(=O)C4CCCCC4)c(C(=O)OC)sc3n2)C1. The number of carbonyl (C=O) groups is 3. The number of nitrogens with one attached hydrogen (secondary N) is 1. The number of fused-ring (bicyclic) bond motifs is 1. The van der Waals surface area contributed by atoms with E-state index in [1.165, 1.54) is 24.9 Å². The Balaban J connectivity index is 1.53. The van der Waals surface area contributed by atoms with E-state index in [0.717, 1.165) is 56.1 Å². The number of nitrogens with zero attached hydrogens (tertiary/aromatic N) is 2. The number of amides is 1. The zero-order valence-corrected chi connectivity index (χ0v) is 20.7. The smallest absolute Gasteiger partial charge is 0.350 e. The molecule has 0 unspecified atom stereocenters. The van der Waals surface area contributed by atoms with Gasteiger partial charge in [-0.1, -0.05) is 19.3 Å². The van der Waals surface area contributed by atoms with E-state index in [-0.39, 0.29) is 23.7 Å². The molecule has 0 spiro atoms. The number of carbonyl (C=O) groups excluding carboxylic acids is 3. The first-order chi connectivity index (χ1) is 16.5. The lowest BCUT2D eigenvalue weighted by atomic mass is 9.88. The van der Waals surface area contributed by atoms with Crippen LogP contribution in [0.2, 0.25) is 0 Å². The monoisotopic (exact) mass is 487 g/mol. The molecule has 1 saturated carbocycles. The number of piperidine rings is 1. The Labute approximate surface area is 204 Å². The second kappa shape index (κ2) is 11.3. The van der Waals surface area contributed by atoms with E-state index >= 15 is 0 Å². The van der Waals surface area contributed by atoms with Crippen LogP contribution in [0.1, 0.15) is 67.2 Å². The highest BCUT2D eigenvalue weighted by molar-refractivity contribution is 7.21. The molecule has 2 aromatic rings. The third kappa shape index (κ3) is 5.58. The first kappa shape index (κ1) is 24.6. The Bertz CT molecular complexity index is 1050. The van der Waals surface area contributed by atoms with Gasteiger partial charge in [0.05, 0.1) is 31.0 Å². The first-order valence-corrected chi connectivity index (χ1v) is 13.0. The summed E-state index contributed by atoms with van der Waals surface area (Å²) in [6.45, 7) is 4.39. The Morgan fingerprint density at radius 1 is 1.12 bits per heavy atom.